The number of unbranched alkanes of at least 4 members (excludes halogenated alkanes) is 1. The predicted octanol–water partition coefficient (Wildman–Crippen LogP) is 2.89. The van der Waals surface area contributed by atoms with Crippen LogP contribution in [0.1, 0.15) is 31.7 Å². The normalized spacial score (nSPS) is 10.1. The van der Waals surface area contributed by atoms with Crippen molar-refractivity contribution >= 4 is 5.97 Å². The van der Waals surface area contributed by atoms with Crippen LogP contribution in [0.15, 0.2) is 18.2 Å². The van der Waals surface area contributed by atoms with Crippen molar-refractivity contribution in [1.82, 2.24) is 0 Å². The van der Waals surface area contributed by atoms with E-state index in [1.165, 1.54) is 0 Å². The molecule has 4 nitrogen and oxygen atoms in total. The van der Waals surface area contributed by atoms with E-state index in [-0.39, 0.29) is 6.42 Å². The minimum Gasteiger partial charge on any atom is -0.493 e. The maximum Gasteiger partial charge on any atom is 0.303 e. The zero-order valence-corrected chi connectivity index (χ0v) is 10.9. The zero-order chi connectivity index (χ0) is 13.4. The number of benzene rings is 1. The number of rotatable bonds is 8. The molecule has 0 saturated carbocycles. The Morgan fingerprint density at radius 1 is 1.33 bits per heavy atom. The lowest BCUT2D eigenvalue weighted by atomic mass is 10.1. The van der Waals surface area contributed by atoms with E-state index >= 15 is 0 Å². The van der Waals surface area contributed by atoms with Gasteiger partial charge >= 0.3 is 5.97 Å². The Labute approximate surface area is 108 Å². The van der Waals surface area contributed by atoms with Crippen molar-refractivity contribution in [2.24, 2.45) is 0 Å². The van der Waals surface area contributed by atoms with Crippen molar-refractivity contribution in [1.29, 1.82) is 0 Å². The van der Waals surface area contributed by atoms with Gasteiger partial charge < -0.3 is 14.6 Å². The fraction of sp³-hybridized carbons (Fsp3) is 0.500. The van der Waals surface area contributed by atoms with Gasteiger partial charge in [0.1, 0.15) is 0 Å². The Morgan fingerprint density at radius 2 is 2.11 bits per heavy atom. The van der Waals surface area contributed by atoms with E-state index in [0.717, 1.165) is 18.4 Å². The number of aliphatic carboxylic acids is 1. The highest BCUT2D eigenvalue weighted by molar-refractivity contribution is 5.67. The molecule has 0 amide bonds. The number of aryl methyl sites for hydroxylation is 1. The molecule has 0 atom stereocenters. The van der Waals surface area contributed by atoms with Gasteiger partial charge in [-0.05, 0) is 30.5 Å². The number of carboxylic acid groups (broad SMARTS) is 1. The predicted molar refractivity (Wildman–Crippen MR) is 69.4 cm³/mol. The Morgan fingerprint density at radius 3 is 2.72 bits per heavy atom. The van der Waals surface area contributed by atoms with Crippen LogP contribution in [0.2, 0.25) is 0 Å². The van der Waals surface area contributed by atoms with Gasteiger partial charge in [-0.3, -0.25) is 4.79 Å². The molecule has 0 aromatic heterocycles. The first kappa shape index (κ1) is 14.4. The summed E-state index contributed by atoms with van der Waals surface area (Å²) in [6.45, 7) is 2.77. The molecule has 0 heterocycles. The van der Waals surface area contributed by atoms with Gasteiger partial charge in [-0.2, -0.15) is 0 Å². The number of ether oxygens (including phenoxy) is 2. The lowest BCUT2D eigenvalue weighted by Gasteiger charge is -2.11. The second-order valence-electron chi connectivity index (χ2n) is 4.08. The molecule has 0 saturated heterocycles. The third-order valence-electron chi connectivity index (χ3n) is 2.61. The van der Waals surface area contributed by atoms with Gasteiger partial charge in [0, 0.05) is 6.42 Å². The molecule has 100 valence electrons. The summed E-state index contributed by atoms with van der Waals surface area (Å²) >= 11 is 0. The number of methoxy groups -OCH3 is 1. The highest BCUT2D eigenvalue weighted by atomic mass is 16.5. The highest BCUT2D eigenvalue weighted by Crippen LogP contribution is 2.28. The van der Waals surface area contributed by atoms with Gasteiger partial charge in [0.25, 0.3) is 0 Å². The minimum atomic E-state index is -0.794. The summed E-state index contributed by atoms with van der Waals surface area (Å²) in [5.74, 6) is 0.580. The molecule has 1 aromatic carbocycles. The maximum atomic E-state index is 10.5. The smallest absolute Gasteiger partial charge is 0.303 e. The summed E-state index contributed by atoms with van der Waals surface area (Å²) in [6, 6.07) is 5.56. The molecule has 0 fully saturated rings. The average molecular weight is 252 g/mol. The second-order valence-corrected chi connectivity index (χ2v) is 4.08. The number of carboxylic acids is 1. The fourth-order valence-corrected chi connectivity index (χ4v) is 1.56. The van der Waals surface area contributed by atoms with Gasteiger partial charge in [0.05, 0.1) is 13.7 Å². The molecule has 0 aliphatic rings. The first-order chi connectivity index (χ1) is 8.67. The van der Waals surface area contributed by atoms with E-state index < -0.39 is 5.97 Å². The van der Waals surface area contributed by atoms with Gasteiger partial charge in [-0.25, -0.2) is 0 Å². The quantitative estimate of drug-likeness (QED) is 0.723. The van der Waals surface area contributed by atoms with Crippen molar-refractivity contribution in [2.45, 2.75) is 32.6 Å². The van der Waals surface area contributed by atoms with Gasteiger partial charge in [0.2, 0.25) is 0 Å². The number of hydrogen-bond acceptors (Lipinski definition) is 3. The summed E-state index contributed by atoms with van der Waals surface area (Å²) in [5, 5.41) is 8.64. The molecule has 0 aliphatic heterocycles. The molecular formula is C14H20O4. The molecule has 0 unspecified atom stereocenters. The van der Waals surface area contributed by atoms with Crippen LogP contribution in [0.5, 0.6) is 11.5 Å². The first-order valence-electron chi connectivity index (χ1n) is 6.19. The summed E-state index contributed by atoms with van der Waals surface area (Å²) < 4.78 is 10.9. The summed E-state index contributed by atoms with van der Waals surface area (Å²) in [6.07, 6.45) is 2.71. The minimum absolute atomic E-state index is 0.124. The van der Waals surface area contributed by atoms with Gasteiger partial charge in [-0.1, -0.05) is 19.4 Å². The van der Waals surface area contributed by atoms with Crippen molar-refractivity contribution in [3.05, 3.63) is 23.8 Å². The first-order valence-corrected chi connectivity index (χ1v) is 6.19. The lowest BCUT2D eigenvalue weighted by molar-refractivity contribution is -0.136. The van der Waals surface area contributed by atoms with Crippen LogP contribution in [0.4, 0.5) is 0 Å². The molecule has 4 heteroatoms. The van der Waals surface area contributed by atoms with E-state index in [1.54, 1.807) is 7.11 Å². The van der Waals surface area contributed by atoms with E-state index in [0.29, 0.717) is 24.5 Å². The van der Waals surface area contributed by atoms with E-state index in [9.17, 15) is 4.79 Å². The van der Waals surface area contributed by atoms with Crippen LogP contribution in [0.25, 0.3) is 0 Å². The van der Waals surface area contributed by atoms with Crippen molar-refractivity contribution < 1.29 is 19.4 Å². The SMILES string of the molecule is CCCCOc1ccc(CCC(=O)O)cc1OC. The summed E-state index contributed by atoms with van der Waals surface area (Å²) in [7, 11) is 1.59. The van der Waals surface area contributed by atoms with Crippen LogP contribution in [-0.2, 0) is 11.2 Å². The largest absolute Gasteiger partial charge is 0.493 e. The van der Waals surface area contributed by atoms with Crippen LogP contribution in [0.3, 0.4) is 0 Å². The molecule has 1 rings (SSSR count). The third kappa shape index (κ3) is 4.65. The van der Waals surface area contributed by atoms with Gasteiger partial charge in [0.15, 0.2) is 11.5 Å². The monoisotopic (exact) mass is 252 g/mol. The Kier molecular flexibility index (Phi) is 6.05. The molecule has 0 bridgehead atoms. The summed E-state index contributed by atoms with van der Waals surface area (Å²) in [5.41, 5.74) is 0.942. The third-order valence-corrected chi connectivity index (χ3v) is 2.61. The van der Waals surface area contributed by atoms with Crippen molar-refractivity contribution in [2.75, 3.05) is 13.7 Å². The van der Waals surface area contributed by atoms with Crippen molar-refractivity contribution in [3.8, 4) is 11.5 Å². The maximum absolute atomic E-state index is 10.5. The molecule has 1 aromatic rings. The molecule has 0 spiro atoms. The number of hydrogen-bond donors (Lipinski definition) is 1. The molecule has 18 heavy (non-hydrogen) atoms. The lowest BCUT2D eigenvalue weighted by Crippen LogP contribution is -2.01. The topological polar surface area (TPSA) is 55.8 Å². The van der Waals surface area contributed by atoms with E-state index in [1.807, 2.05) is 18.2 Å². The van der Waals surface area contributed by atoms with Crippen LogP contribution in [-0.4, -0.2) is 24.8 Å². The molecular weight excluding hydrogens is 232 g/mol. The standard InChI is InChI=1S/C14H20O4/c1-3-4-9-18-12-7-5-11(6-8-14(15)16)10-13(12)17-2/h5,7,10H,3-4,6,8-9H2,1-2H3,(H,15,16). The fourth-order valence-electron chi connectivity index (χ4n) is 1.56. The van der Waals surface area contributed by atoms with Gasteiger partial charge in [-0.15, -0.1) is 0 Å². The van der Waals surface area contributed by atoms with Crippen LogP contribution in [0, 0.1) is 0 Å². The Bertz CT molecular complexity index is 387. The van der Waals surface area contributed by atoms with Crippen LogP contribution >= 0.6 is 0 Å². The number of carbonyl (C=O) groups is 1. The van der Waals surface area contributed by atoms with Crippen LogP contribution < -0.4 is 9.47 Å². The molecule has 1 N–H and O–H groups in total. The average Bonchev–Trinajstić information content (AvgIpc) is 2.37. The Hall–Kier alpha value is -1.71. The second kappa shape index (κ2) is 7.58. The Balaban J connectivity index is 2.66. The summed E-state index contributed by atoms with van der Waals surface area (Å²) in [4.78, 5) is 10.5. The zero-order valence-electron chi connectivity index (χ0n) is 10.9. The molecule has 0 radical (unpaired) electrons. The van der Waals surface area contributed by atoms with Crippen molar-refractivity contribution in [3.63, 3.8) is 0 Å². The highest BCUT2D eigenvalue weighted by Gasteiger charge is 2.07. The molecule has 0 aliphatic carbocycles. The van der Waals surface area contributed by atoms with E-state index in [4.69, 9.17) is 14.6 Å². The van der Waals surface area contributed by atoms with E-state index in [2.05, 4.69) is 6.92 Å².